The number of nitrogens with zero attached hydrogens (tertiary/aromatic N) is 2. The average molecular weight is 479 g/mol. The fourth-order valence-electron chi connectivity index (χ4n) is 4.26. The van der Waals surface area contributed by atoms with Gasteiger partial charge < -0.3 is 9.64 Å². The number of sulfonamides is 1. The van der Waals surface area contributed by atoms with Gasteiger partial charge in [0.05, 0.1) is 17.1 Å². The van der Waals surface area contributed by atoms with E-state index in [0.29, 0.717) is 25.2 Å². The van der Waals surface area contributed by atoms with Gasteiger partial charge in [0.15, 0.2) is 0 Å². The zero-order valence-corrected chi connectivity index (χ0v) is 20.5. The average Bonchev–Trinajstić information content (AvgIpc) is 2.84. The third kappa shape index (κ3) is 5.38. The molecule has 0 bridgehead atoms. The van der Waals surface area contributed by atoms with Gasteiger partial charge in [-0.05, 0) is 48.7 Å². The molecule has 1 amide bonds. The summed E-state index contributed by atoms with van der Waals surface area (Å²) in [6.45, 7) is 4.73. The Morgan fingerprint density at radius 2 is 1.53 bits per heavy atom. The van der Waals surface area contributed by atoms with E-state index in [1.807, 2.05) is 56.3 Å². The molecule has 4 rings (SSSR count). The Morgan fingerprint density at radius 3 is 2.18 bits per heavy atom. The molecule has 1 aliphatic heterocycles. The molecular weight excluding hydrogens is 448 g/mol. The van der Waals surface area contributed by atoms with Crippen LogP contribution in [0.4, 0.5) is 0 Å². The highest BCUT2D eigenvalue weighted by atomic mass is 32.2. The van der Waals surface area contributed by atoms with E-state index in [-0.39, 0.29) is 23.0 Å². The van der Waals surface area contributed by atoms with Crippen molar-refractivity contribution in [1.29, 1.82) is 0 Å². The van der Waals surface area contributed by atoms with Gasteiger partial charge in [-0.1, -0.05) is 60.7 Å². The Balaban J connectivity index is 1.47. The second kappa shape index (κ2) is 10.1. The summed E-state index contributed by atoms with van der Waals surface area (Å²) in [6.07, 6.45) is -0.356. The van der Waals surface area contributed by atoms with Gasteiger partial charge in [-0.15, -0.1) is 0 Å². The molecule has 7 heteroatoms. The summed E-state index contributed by atoms with van der Waals surface area (Å²) in [7, 11) is -1.99. The Morgan fingerprint density at radius 1 is 0.912 bits per heavy atom. The van der Waals surface area contributed by atoms with Crippen molar-refractivity contribution in [2.24, 2.45) is 0 Å². The molecule has 0 aromatic heterocycles. The first-order chi connectivity index (χ1) is 16.2. The van der Waals surface area contributed by atoms with Crippen LogP contribution in [0.15, 0.2) is 83.8 Å². The van der Waals surface area contributed by atoms with E-state index in [1.165, 1.54) is 10.4 Å². The second-order valence-electron chi connectivity index (χ2n) is 8.83. The molecule has 1 fully saturated rings. The summed E-state index contributed by atoms with van der Waals surface area (Å²) < 4.78 is 33.5. The summed E-state index contributed by atoms with van der Waals surface area (Å²) in [5.41, 5.74) is 3.60. The van der Waals surface area contributed by atoms with Crippen LogP contribution in [-0.2, 0) is 21.3 Å². The summed E-state index contributed by atoms with van der Waals surface area (Å²) in [4.78, 5) is 14.8. The van der Waals surface area contributed by atoms with Crippen LogP contribution in [0, 0.1) is 0 Å². The molecule has 1 aliphatic rings. The van der Waals surface area contributed by atoms with Crippen LogP contribution in [0.1, 0.15) is 29.8 Å². The number of ether oxygens (including phenoxy) is 1. The fourth-order valence-corrected chi connectivity index (χ4v) is 5.90. The number of amides is 1. The monoisotopic (exact) mass is 478 g/mol. The van der Waals surface area contributed by atoms with Gasteiger partial charge in [0.1, 0.15) is 0 Å². The third-order valence-electron chi connectivity index (χ3n) is 5.93. The van der Waals surface area contributed by atoms with Crippen LogP contribution >= 0.6 is 0 Å². The molecule has 3 aromatic rings. The van der Waals surface area contributed by atoms with Gasteiger partial charge in [-0.3, -0.25) is 4.79 Å². The maximum absolute atomic E-state index is 13.2. The van der Waals surface area contributed by atoms with Crippen molar-refractivity contribution in [3.8, 4) is 11.1 Å². The van der Waals surface area contributed by atoms with Crippen LogP contribution in [0.25, 0.3) is 11.1 Å². The number of morpholine rings is 1. The first-order valence-corrected chi connectivity index (χ1v) is 12.8. The van der Waals surface area contributed by atoms with Crippen molar-refractivity contribution in [3.05, 3.63) is 90.0 Å². The lowest BCUT2D eigenvalue weighted by Crippen LogP contribution is -2.48. The van der Waals surface area contributed by atoms with Gasteiger partial charge in [-0.25, -0.2) is 8.42 Å². The second-order valence-corrected chi connectivity index (χ2v) is 10.8. The minimum Gasteiger partial charge on any atom is -0.373 e. The number of carbonyl (C=O) groups is 1. The molecule has 0 radical (unpaired) electrons. The van der Waals surface area contributed by atoms with Crippen molar-refractivity contribution in [2.45, 2.75) is 37.5 Å². The number of hydrogen-bond donors (Lipinski definition) is 0. The Labute approximate surface area is 201 Å². The van der Waals surface area contributed by atoms with Crippen LogP contribution < -0.4 is 0 Å². The van der Waals surface area contributed by atoms with Gasteiger partial charge in [0.2, 0.25) is 10.0 Å². The lowest BCUT2D eigenvalue weighted by Gasteiger charge is -2.34. The molecule has 0 N–H and O–H groups in total. The van der Waals surface area contributed by atoms with Crippen LogP contribution in [0.2, 0.25) is 0 Å². The van der Waals surface area contributed by atoms with Gasteiger partial charge in [0.25, 0.3) is 5.91 Å². The summed E-state index contributed by atoms with van der Waals surface area (Å²) >= 11 is 0. The number of carbonyl (C=O) groups excluding carboxylic acids is 1. The first-order valence-electron chi connectivity index (χ1n) is 11.4. The summed E-state index contributed by atoms with van der Waals surface area (Å²) in [5.74, 6) is -0.229. The third-order valence-corrected chi connectivity index (χ3v) is 7.76. The van der Waals surface area contributed by atoms with Crippen molar-refractivity contribution in [1.82, 2.24) is 9.21 Å². The maximum atomic E-state index is 13.2. The quantitative estimate of drug-likeness (QED) is 0.526. The lowest BCUT2D eigenvalue weighted by atomic mass is 10.0. The number of rotatable bonds is 6. The molecule has 34 heavy (non-hydrogen) atoms. The van der Waals surface area contributed by atoms with Gasteiger partial charge in [-0.2, -0.15) is 4.31 Å². The molecule has 1 saturated heterocycles. The van der Waals surface area contributed by atoms with E-state index in [2.05, 4.69) is 12.1 Å². The highest BCUT2D eigenvalue weighted by Gasteiger charge is 2.32. The molecule has 3 aromatic carbocycles. The highest BCUT2D eigenvalue weighted by molar-refractivity contribution is 7.89. The minimum atomic E-state index is -3.72. The largest absolute Gasteiger partial charge is 0.373 e. The predicted octanol–water partition coefficient (Wildman–Crippen LogP) is 4.42. The zero-order valence-electron chi connectivity index (χ0n) is 19.7. The molecule has 0 spiro atoms. The summed E-state index contributed by atoms with van der Waals surface area (Å²) in [6, 6.07) is 24.5. The Bertz CT molecular complexity index is 1230. The van der Waals surface area contributed by atoms with E-state index < -0.39 is 10.0 Å². The molecule has 0 aliphatic carbocycles. The number of benzene rings is 3. The fraction of sp³-hybridized carbons (Fsp3) is 0.296. The van der Waals surface area contributed by atoms with Crippen LogP contribution in [-0.4, -0.2) is 55.9 Å². The normalized spacial score (nSPS) is 19.0. The Kier molecular flexibility index (Phi) is 7.16. The molecule has 2 atom stereocenters. The molecule has 2 unspecified atom stereocenters. The smallest absolute Gasteiger partial charge is 0.253 e. The zero-order chi connectivity index (χ0) is 24.3. The van der Waals surface area contributed by atoms with Crippen LogP contribution in [0.5, 0.6) is 0 Å². The van der Waals surface area contributed by atoms with Gasteiger partial charge in [0, 0.05) is 32.2 Å². The summed E-state index contributed by atoms with van der Waals surface area (Å²) in [5, 5.41) is 0. The highest BCUT2D eigenvalue weighted by Crippen LogP contribution is 2.23. The molecule has 0 saturated carbocycles. The van der Waals surface area contributed by atoms with Crippen molar-refractivity contribution in [3.63, 3.8) is 0 Å². The van der Waals surface area contributed by atoms with Crippen LogP contribution in [0.3, 0.4) is 0 Å². The topological polar surface area (TPSA) is 66.9 Å². The minimum absolute atomic E-state index is 0.125. The van der Waals surface area contributed by atoms with Crippen molar-refractivity contribution in [2.75, 3.05) is 20.1 Å². The van der Waals surface area contributed by atoms with E-state index in [4.69, 9.17) is 4.74 Å². The predicted molar refractivity (Wildman–Crippen MR) is 133 cm³/mol. The first kappa shape index (κ1) is 24.1. The molecular formula is C27H30N2O4S. The standard InChI is InChI=1S/C27H30N2O4S/c1-20-17-29(18-21(2)33-20)34(31,32)26-11-7-10-25(16-26)27(30)28(3)19-22-12-14-24(15-13-22)23-8-5-4-6-9-23/h4-16,20-21H,17-19H2,1-3H3. The van der Waals surface area contributed by atoms with E-state index in [1.54, 1.807) is 30.1 Å². The molecule has 6 nitrogen and oxygen atoms in total. The molecule has 1 heterocycles. The van der Waals surface area contributed by atoms with Crippen molar-refractivity contribution < 1.29 is 17.9 Å². The van der Waals surface area contributed by atoms with E-state index in [0.717, 1.165) is 16.7 Å². The van der Waals surface area contributed by atoms with Gasteiger partial charge >= 0.3 is 0 Å². The molecule has 178 valence electrons. The van der Waals surface area contributed by atoms with Crippen molar-refractivity contribution >= 4 is 15.9 Å². The number of hydrogen-bond acceptors (Lipinski definition) is 4. The maximum Gasteiger partial charge on any atom is 0.253 e. The lowest BCUT2D eigenvalue weighted by molar-refractivity contribution is -0.0440. The van der Waals surface area contributed by atoms with E-state index >= 15 is 0 Å². The van der Waals surface area contributed by atoms with E-state index in [9.17, 15) is 13.2 Å². The Hall–Kier alpha value is -3.00. The SMILES string of the molecule is CC1CN(S(=O)(=O)c2cccc(C(=O)N(C)Cc3ccc(-c4ccccc4)cc3)c2)CC(C)O1.